The van der Waals surface area contributed by atoms with E-state index in [4.69, 9.17) is 0 Å². The molecule has 4 saturated carbocycles. The lowest BCUT2D eigenvalue weighted by Gasteiger charge is -2.60. The van der Waals surface area contributed by atoms with E-state index in [0.717, 1.165) is 54.1 Å². The molecule has 0 amide bonds. The van der Waals surface area contributed by atoms with E-state index in [2.05, 4.69) is 32.9 Å². The van der Waals surface area contributed by atoms with E-state index >= 15 is 0 Å². The minimum atomic E-state index is 0.508. The van der Waals surface area contributed by atoms with Gasteiger partial charge in [-0.25, -0.2) is 0 Å². The van der Waals surface area contributed by atoms with Gasteiger partial charge in [-0.1, -0.05) is 52.1 Å². The average Bonchev–Trinajstić information content (AvgIpc) is 3.01. The summed E-state index contributed by atoms with van der Waals surface area (Å²) in [7, 11) is 0. The molecule has 0 saturated heterocycles. The normalized spacial score (nSPS) is 47.0. The summed E-state index contributed by atoms with van der Waals surface area (Å²) in [6.45, 7) is 10.0. The maximum atomic E-state index is 9.29. The van der Waals surface area contributed by atoms with Crippen LogP contribution in [0.5, 0.6) is 0 Å². The molecule has 4 unspecified atom stereocenters. The van der Waals surface area contributed by atoms with Crippen molar-refractivity contribution < 1.29 is 5.21 Å². The Bertz CT molecular complexity index is 583. The molecular formula is C26H45NO. The van der Waals surface area contributed by atoms with Gasteiger partial charge in [0.2, 0.25) is 0 Å². The van der Waals surface area contributed by atoms with Crippen LogP contribution >= 0.6 is 0 Å². The van der Waals surface area contributed by atoms with Gasteiger partial charge in [0.1, 0.15) is 0 Å². The van der Waals surface area contributed by atoms with Crippen LogP contribution in [0.1, 0.15) is 111 Å². The summed E-state index contributed by atoms with van der Waals surface area (Å²) in [4.78, 5) is 0. The summed E-state index contributed by atoms with van der Waals surface area (Å²) in [5.41, 5.74) is 2.21. The van der Waals surface area contributed by atoms with Gasteiger partial charge in [-0.2, -0.15) is 0 Å². The van der Waals surface area contributed by atoms with Crippen molar-refractivity contribution in [2.24, 2.45) is 51.5 Å². The van der Waals surface area contributed by atoms with Crippen molar-refractivity contribution in [2.45, 2.75) is 111 Å². The minimum absolute atomic E-state index is 0.508. The van der Waals surface area contributed by atoms with Gasteiger partial charge < -0.3 is 5.21 Å². The second-order valence-electron chi connectivity index (χ2n) is 12.0. The first-order chi connectivity index (χ1) is 13.4. The van der Waals surface area contributed by atoms with Crippen molar-refractivity contribution in [2.75, 3.05) is 0 Å². The first-order valence-electron chi connectivity index (χ1n) is 12.6. The predicted octanol–water partition coefficient (Wildman–Crippen LogP) is 7.69. The molecule has 0 aromatic carbocycles. The maximum absolute atomic E-state index is 9.29. The number of oxime groups is 1. The Morgan fingerprint density at radius 1 is 0.964 bits per heavy atom. The van der Waals surface area contributed by atoms with Crippen LogP contribution in [-0.2, 0) is 0 Å². The van der Waals surface area contributed by atoms with Gasteiger partial charge in [0.15, 0.2) is 0 Å². The Morgan fingerprint density at radius 2 is 1.75 bits per heavy atom. The molecule has 2 heteroatoms. The van der Waals surface area contributed by atoms with Crippen LogP contribution in [0, 0.1) is 46.3 Å². The Kier molecular flexibility index (Phi) is 5.89. The zero-order valence-corrected chi connectivity index (χ0v) is 19.1. The Labute approximate surface area is 173 Å². The number of fused-ring (bicyclic) bond motifs is 5. The van der Waals surface area contributed by atoms with Crippen LogP contribution < -0.4 is 0 Å². The maximum Gasteiger partial charge on any atom is 0.0574 e. The molecular weight excluding hydrogens is 342 g/mol. The smallest absolute Gasteiger partial charge is 0.0574 e. The van der Waals surface area contributed by atoms with Crippen LogP contribution in [0.15, 0.2) is 5.16 Å². The highest BCUT2D eigenvalue weighted by Gasteiger charge is 2.59. The molecule has 0 aliphatic heterocycles. The Hall–Kier alpha value is -0.530. The largest absolute Gasteiger partial charge is 0.411 e. The summed E-state index contributed by atoms with van der Waals surface area (Å²) in [6.07, 6.45) is 18.0. The summed E-state index contributed by atoms with van der Waals surface area (Å²) < 4.78 is 0. The highest BCUT2D eigenvalue weighted by Crippen LogP contribution is 2.67. The number of nitrogens with zero attached hydrogens (tertiary/aromatic N) is 1. The van der Waals surface area contributed by atoms with E-state index in [1.807, 2.05) is 0 Å². The zero-order chi connectivity index (χ0) is 19.9. The highest BCUT2D eigenvalue weighted by atomic mass is 16.4. The van der Waals surface area contributed by atoms with E-state index in [-0.39, 0.29) is 0 Å². The van der Waals surface area contributed by atoms with Crippen LogP contribution in [0.4, 0.5) is 0 Å². The summed E-state index contributed by atoms with van der Waals surface area (Å²) in [6, 6.07) is 0. The molecule has 0 aromatic heterocycles. The molecule has 4 fully saturated rings. The second kappa shape index (κ2) is 7.95. The molecule has 4 rings (SSSR count). The number of unbranched alkanes of at least 4 members (excludes halogenated alkanes) is 1. The van der Waals surface area contributed by atoms with Crippen molar-refractivity contribution >= 4 is 5.71 Å². The molecule has 160 valence electrons. The lowest BCUT2D eigenvalue weighted by molar-refractivity contribution is -0.101. The summed E-state index contributed by atoms with van der Waals surface area (Å²) in [5.74, 6) is 5.54. The van der Waals surface area contributed by atoms with Gasteiger partial charge in [-0.15, -0.1) is 0 Å². The molecule has 0 bridgehead atoms. The van der Waals surface area contributed by atoms with Gasteiger partial charge >= 0.3 is 0 Å². The van der Waals surface area contributed by atoms with Gasteiger partial charge in [-0.3, -0.25) is 0 Å². The van der Waals surface area contributed by atoms with Crippen LogP contribution in [0.2, 0.25) is 0 Å². The van der Waals surface area contributed by atoms with E-state index < -0.39 is 0 Å². The van der Waals surface area contributed by atoms with Gasteiger partial charge in [0.05, 0.1) is 5.71 Å². The molecule has 0 spiro atoms. The van der Waals surface area contributed by atoms with E-state index in [1.165, 1.54) is 70.6 Å². The molecule has 7 atom stereocenters. The first kappa shape index (κ1) is 20.7. The van der Waals surface area contributed by atoms with Gasteiger partial charge in [-0.05, 0) is 111 Å². The van der Waals surface area contributed by atoms with Crippen LogP contribution in [0.3, 0.4) is 0 Å². The van der Waals surface area contributed by atoms with Crippen LogP contribution in [0.25, 0.3) is 0 Å². The van der Waals surface area contributed by atoms with Crippen molar-refractivity contribution in [3.63, 3.8) is 0 Å². The van der Waals surface area contributed by atoms with E-state index in [9.17, 15) is 5.21 Å². The fourth-order valence-corrected chi connectivity index (χ4v) is 8.68. The predicted molar refractivity (Wildman–Crippen MR) is 118 cm³/mol. The molecule has 2 nitrogen and oxygen atoms in total. The fourth-order valence-electron chi connectivity index (χ4n) is 8.68. The van der Waals surface area contributed by atoms with Crippen molar-refractivity contribution in [1.82, 2.24) is 0 Å². The standard InChI is InChI=1S/C26H45NO/c1-18(2)7-5-6-8-19-10-12-23-22-11-9-20-17-21(27-28)13-15-26(20,4)24(22)14-16-25(19,23)3/h18-20,22-24,28H,5-17H2,1-4H3/b27-21+/t19-,20?,22?,23?,24?,25+,26-/m0/s1. The van der Waals surface area contributed by atoms with E-state index in [1.54, 1.807) is 0 Å². The van der Waals surface area contributed by atoms with Gasteiger partial charge in [0, 0.05) is 0 Å². The number of hydrogen-bond donors (Lipinski definition) is 1. The van der Waals surface area contributed by atoms with Crippen molar-refractivity contribution in [1.29, 1.82) is 0 Å². The van der Waals surface area contributed by atoms with E-state index in [0.29, 0.717) is 10.8 Å². The SMILES string of the molecule is CC(C)CCCC[C@H]1CCC2C3CCC4C/C(=N/O)CC[C@]4(C)C3CC[C@@]21C. The Balaban J connectivity index is 1.43. The third-order valence-corrected chi connectivity index (χ3v) is 10.4. The second-order valence-corrected chi connectivity index (χ2v) is 12.0. The molecule has 0 radical (unpaired) electrons. The Morgan fingerprint density at radius 3 is 2.50 bits per heavy atom. The highest BCUT2D eigenvalue weighted by molar-refractivity contribution is 5.85. The van der Waals surface area contributed by atoms with Crippen LogP contribution in [-0.4, -0.2) is 10.9 Å². The average molecular weight is 388 g/mol. The zero-order valence-electron chi connectivity index (χ0n) is 19.1. The van der Waals surface area contributed by atoms with Gasteiger partial charge in [0.25, 0.3) is 0 Å². The number of rotatable bonds is 5. The van der Waals surface area contributed by atoms with Crippen molar-refractivity contribution in [3.8, 4) is 0 Å². The monoisotopic (exact) mass is 387 g/mol. The molecule has 1 N–H and O–H groups in total. The summed E-state index contributed by atoms with van der Waals surface area (Å²) >= 11 is 0. The molecule has 4 aliphatic rings. The van der Waals surface area contributed by atoms with Crippen molar-refractivity contribution in [3.05, 3.63) is 0 Å². The quantitative estimate of drug-likeness (QED) is 0.293. The lowest BCUT2D eigenvalue weighted by Crippen LogP contribution is -2.53. The lowest BCUT2D eigenvalue weighted by atomic mass is 9.44. The number of hydrogen-bond acceptors (Lipinski definition) is 2. The topological polar surface area (TPSA) is 32.6 Å². The fraction of sp³-hybridized carbons (Fsp3) is 0.962. The summed E-state index contributed by atoms with van der Waals surface area (Å²) in [5, 5.41) is 12.9. The molecule has 0 heterocycles. The first-order valence-corrected chi connectivity index (χ1v) is 12.6. The third kappa shape index (κ3) is 3.45. The molecule has 4 aliphatic carbocycles. The third-order valence-electron chi connectivity index (χ3n) is 10.4. The molecule has 28 heavy (non-hydrogen) atoms. The minimum Gasteiger partial charge on any atom is -0.411 e. The molecule has 0 aromatic rings.